The molecule has 1 nitrogen and oxygen atoms in total. The zero-order valence-electron chi connectivity index (χ0n) is 19.0. The Morgan fingerprint density at radius 3 is 1.47 bits per heavy atom. The van der Waals surface area contributed by atoms with E-state index in [0.717, 1.165) is 6.42 Å². The van der Waals surface area contributed by atoms with E-state index in [1.54, 1.807) is 0 Å². The fraction of sp³-hybridized carbons (Fsp3) is 0.360. The average Bonchev–Trinajstić information content (AvgIpc) is 2.90. The van der Waals surface area contributed by atoms with Gasteiger partial charge in [-0.1, -0.05) is 118 Å². The van der Waals surface area contributed by atoms with Gasteiger partial charge in [-0.3, -0.25) is 6.08 Å². The molecule has 1 radical (unpaired) electrons. The van der Waals surface area contributed by atoms with Crippen LogP contribution < -0.4 is 35.2 Å². The van der Waals surface area contributed by atoms with E-state index >= 15 is 0 Å². The summed E-state index contributed by atoms with van der Waals surface area (Å²) >= 11 is 0. The molecular weight excluding hydrogens is 504 g/mol. The molecule has 0 amide bonds. The van der Waals surface area contributed by atoms with E-state index in [-0.39, 0.29) is 66.6 Å². The van der Waals surface area contributed by atoms with E-state index < -0.39 is 0 Å². The van der Waals surface area contributed by atoms with Gasteiger partial charge in [0.2, 0.25) is 0 Å². The summed E-state index contributed by atoms with van der Waals surface area (Å²) < 4.78 is 0. The minimum Gasteiger partial charge on any atom is -1.00 e. The Labute approximate surface area is 218 Å². The van der Waals surface area contributed by atoms with Crippen molar-refractivity contribution in [1.29, 1.82) is 0 Å². The molecule has 0 aliphatic heterocycles. The van der Waals surface area contributed by atoms with Crippen molar-refractivity contribution < 1.29 is 51.0 Å². The van der Waals surface area contributed by atoms with Crippen molar-refractivity contribution in [3.63, 3.8) is 0 Å². The summed E-state index contributed by atoms with van der Waals surface area (Å²) in [6.07, 6.45) is 4.33. The van der Waals surface area contributed by atoms with Crippen LogP contribution in [0, 0.1) is 12.0 Å². The zero-order valence-corrected chi connectivity index (χ0v) is 24.1. The molecule has 2 atom stereocenters. The largest absolute Gasteiger partial charge is 4.00 e. The first-order chi connectivity index (χ1) is 12.8. The second-order valence-corrected chi connectivity index (χ2v) is 8.70. The van der Waals surface area contributed by atoms with Crippen molar-refractivity contribution in [3.8, 4) is 0 Å². The van der Waals surface area contributed by atoms with Gasteiger partial charge in [0, 0.05) is 0 Å². The molecule has 1 aliphatic rings. The standard InChI is InChI=1S/C12H11Si.C9H13.C4H10N.2ClH.Zr/c1-3-7-11(8-4-1)13-12-9-5-2-6-10-12;1-6-5-7(2)9(4)8(6)3;1-3-4(2)5;;;/h1-10,13H;6H,1-4H3;4-5H,3H2,1-2H3;2*1H;/q;2*-1;;;+4/p-2. The van der Waals surface area contributed by atoms with Gasteiger partial charge in [-0.15, -0.1) is 13.0 Å². The predicted molar refractivity (Wildman–Crippen MR) is 123 cm³/mol. The van der Waals surface area contributed by atoms with E-state index in [0.29, 0.717) is 5.92 Å². The van der Waals surface area contributed by atoms with Crippen molar-refractivity contribution in [2.24, 2.45) is 5.92 Å². The van der Waals surface area contributed by atoms with Gasteiger partial charge in [0.15, 0.2) is 0 Å². The second-order valence-electron chi connectivity index (χ2n) is 7.07. The van der Waals surface area contributed by atoms with Gasteiger partial charge in [0.25, 0.3) is 0 Å². The third-order valence-corrected chi connectivity index (χ3v) is 6.22. The molecule has 0 saturated carbocycles. The van der Waals surface area contributed by atoms with Crippen molar-refractivity contribution in [2.75, 3.05) is 0 Å². The van der Waals surface area contributed by atoms with Gasteiger partial charge in [-0.2, -0.15) is 11.1 Å². The molecule has 2 aromatic carbocycles. The minimum absolute atomic E-state index is 0. The van der Waals surface area contributed by atoms with Crippen LogP contribution in [0.1, 0.15) is 48.0 Å². The maximum atomic E-state index is 6.83. The molecular formula is C25H34Cl2NSiZr. The first-order valence-corrected chi connectivity index (χ1v) is 10.9. The Morgan fingerprint density at radius 1 is 0.900 bits per heavy atom. The van der Waals surface area contributed by atoms with Crippen LogP contribution in [0.4, 0.5) is 0 Å². The van der Waals surface area contributed by atoms with Crippen LogP contribution in [-0.4, -0.2) is 15.6 Å². The maximum absolute atomic E-state index is 6.83. The van der Waals surface area contributed by atoms with Crippen LogP contribution >= 0.6 is 0 Å². The Bertz CT molecular complexity index is 694. The summed E-state index contributed by atoms with van der Waals surface area (Å²) in [5, 5.41) is 2.90. The Balaban J connectivity index is -0.000000381. The number of halogens is 2. The molecule has 1 aliphatic carbocycles. The van der Waals surface area contributed by atoms with Gasteiger partial charge in [0.05, 0.1) is 0 Å². The van der Waals surface area contributed by atoms with Crippen LogP contribution in [0.3, 0.4) is 0 Å². The SMILES string of the molecule is CC1=[C-]C(C)C(C)=C1C.CCC(C)[NH-].[Cl-].[Cl-].[Zr+4].c1ccc([SiH]c2ccccc2)cc1. The van der Waals surface area contributed by atoms with Crippen molar-refractivity contribution in [2.45, 2.75) is 54.0 Å². The number of nitrogens with one attached hydrogen (secondary N) is 1. The third-order valence-electron chi connectivity index (χ3n) is 4.78. The summed E-state index contributed by atoms with van der Waals surface area (Å²) in [5.74, 6) is 0.560. The van der Waals surface area contributed by atoms with Gasteiger partial charge in [-0.25, -0.2) is 5.57 Å². The summed E-state index contributed by atoms with van der Waals surface area (Å²) in [4.78, 5) is 0. The zero-order chi connectivity index (χ0) is 20.2. The Morgan fingerprint density at radius 2 is 1.27 bits per heavy atom. The van der Waals surface area contributed by atoms with Gasteiger partial charge >= 0.3 is 26.2 Å². The molecule has 0 fully saturated rings. The minimum atomic E-state index is 0. The summed E-state index contributed by atoms with van der Waals surface area (Å²) in [7, 11) is 0.271. The molecule has 30 heavy (non-hydrogen) atoms. The first-order valence-electron chi connectivity index (χ1n) is 9.78. The normalized spacial score (nSPS) is 14.9. The second kappa shape index (κ2) is 19.3. The van der Waals surface area contributed by atoms with Crippen LogP contribution in [0.25, 0.3) is 5.73 Å². The molecule has 5 heteroatoms. The molecule has 2 aromatic rings. The predicted octanol–water partition coefficient (Wildman–Crippen LogP) is -0.362. The summed E-state index contributed by atoms with van der Waals surface area (Å²) in [5.41, 5.74) is 11.1. The molecule has 0 saturated heterocycles. The van der Waals surface area contributed by atoms with Gasteiger partial charge < -0.3 is 30.5 Å². The Kier molecular flexibility index (Phi) is 21.9. The third kappa shape index (κ3) is 13.8. The van der Waals surface area contributed by atoms with E-state index in [1.165, 1.54) is 27.1 Å². The summed E-state index contributed by atoms with van der Waals surface area (Å²) in [6.45, 7) is 12.6. The molecule has 161 valence electrons. The molecule has 0 heterocycles. The number of hydrogen-bond donors (Lipinski definition) is 0. The van der Waals surface area contributed by atoms with Gasteiger partial charge in [-0.05, 0) is 0 Å². The van der Waals surface area contributed by atoms with Crippen LogP contribution in [0.2, 0.25) is 0 Å². The average molecular weight is 539 g/mol. The molecule has 2 unspecified atom stereocenters. The van der Waals surface area contributed by atoms with E-state index in [4.69, 9.17) is 5.73 Å². The number of allylic oxidation sites excluding steroid dienone is 4. The molecule has 0 bridgehead atoms. The van der Waals surface area contributed by atoms with Gasteiger partial charge in [0.1, 0.15) is 9.52 Å². The first kappa shape index (κ1) is 34.2. The van der Waals surface area contributed by atoms with Crippen LogP contribution in [-0.2, 0) is 26.2 Å². The maximum Gasteiger partial charge on any atom is 4.00 e. The molecule has 0 aromatic heterocycles. The van der Waals surface area contributed by atoms with Crippen molar-refractivity contribution in [3.05, 3.63) is 89.2 Å². The Hall–Kier alpha value is -0.440. The van der Waals surface area contributed by atoms with Crippen LogP contribution in [0.15, 0.2) is 77.4 Å². The molecule has 0 spiro atoms. The van der Waals surface area contributed by atoms with E-state index in [2.05, 4.69) is 94.4 Å². The number of rotatable bonds is 3. The fourth-order valence-corrected chi connectivity index (χ4v) is 3.67. The summed E-state index contributed by atoms with van der Waals surface area (Å²) in [6, 6.07) is 21.5. The van der Waals surface area contributed by atoms with E-state index in [9.17, 15) is 0 Å². The smallest absolute Gasteiger partial charge is 1.00 e. The number of hydrogen-bond acceptors (Lipinski definition) is 0. The quantitative estimate of drug-likeness (QED) is 0.377. The van der Waals surface area contributed by atoms with Crippen LogP contribution in [0.5, 0.6) is 0 Å². The van der Waals surface area contributed by atoms with Crippen molar-refractivity contribution in [1.82, 2.24) is 0 Å². The number of benzene rings is 2. The van der Waals surface area contributed by atoms with Crippen molar-refractivity contribution >= 4 is 19.9 Å². The van der Waals surface area contributed by atoms with E-state index in [1.807, 2.05) is 13.8 Å². The fourth-order valence-electron chi connectivity index (χ4n) is 2.45. The monoisotopic (exact) mass is 536 g/mol. The molecule has 1 N–H and O–H groups in total. The topological polar surface area (TPSA) is 23.8 Å². The molecule has 3 rings (SSSR count).